The fraction of sp³-hybridized carbons (Fsp3) is 0.571. The van der Waals surface area contributed by atoms with E-state index in [-0.39, 0.29) is 5.54 Å². The zero-order chi connectivity index (χ0) is 12.5. The largest absolute Gasteiger partial charge is 0.383 e. The second-order valence-electron chi connectivity index (χ2n) is 5.33. The monoisotopic (exact) mass is 233 g/mol. The molecule has 2 heterocycles. The van der Waals surface area contributed by atoms with Crippen LogP contribution in [0.25, 0.3) is 0 Å². The molecule has 0 aromatic carbocycles. The lowest BCUT2D eigenvalue weighted by molar-refractivity contribution is 0.0244. The summed E-state index contributed by atoms with van der Waals surface area (Å²) in [6, 6.07) is 4.14. The van der Waals surface area contributed by atoms with Crippen LogP contribution in [0, 0.1) is 6.92 Å². The Morgan fingerprint density at radius 1 is 1.47 bits per heavy atom. The topological polar surface area (TPSA) is 25.4 Å². The summed E-state index contributed by atoms with van der Waals surface area (Å²) >= 11 is 0. The summed E-state index contributed by atoms with van der Waals surface area (Å²) < 4.78 is 5.30. The molecule has 17 heavy (non-hydrogen) atoms. The molecule has 0 saturated carbocycles. The van der Waals surface area contributed by atoms with Gasteiger partial charge < -0.3 is 4.74 Å². The lowest BCUT2D eigenvalue weighted by Gasteiger charge is -2.40. The van der Waals surface area contributed by atoms with Crippen LogP contribution in [0.5, 0.6) is 0 Å². The number of methoxy groups -OCH3 is 1. The first kappa shape index (κ1) is 12.5. The normalized spacial score (nSPS) is 16.9. The fourth-order valence-electron chi connectivity index (χ4n) is 2.42. The molecule has 0 atom stereocenters. The summed E-state index contributed by atoms with van der Waals surface area (Å²) in [5.41, 5.74) is 3.48. The lowest BCUT2D eigenvalue weighted by Crippen LogP contribution is -2.49. The quantitative estimate of drug-likeness (QED) is 0.799. The molecule has 1 aliphatic heterocycles. The minimum atomic E-state index is 0.0789. The number of ether oxygens (including phenoxy) is 1. The molecule has 0 fully saturated rings. The Balaban J connectivity index is 2.16. The predicted octanol–water partition coefficient (Wildman–Crippen LogP) is 2.05. The van der Waals surface area contributed by atoms with Gasteiger partial charge in [-0.15, -0.1) is 0 Å². The van der Waals surface area contributed by atoms with Crippen LogP contribution < -0.4 is 0 Å². The van der Waals surface area contributed by atoms with Gasteiger partial charge in [-0.3, -0.25) is 9.88 Å². The van der Waals surface area contributed by atoms with E-state index in [1.54, 1.807) is 7.11 Å². The fourth-order valence-corrected chi connectivity index (χ4v) is 2.42. The Kier molecular flexibility index (Phi) is 3.50. The summed E-state index contributed by atoms with van der Waals surface area (Å²) in [5, 5.41) is 0. The highest BCUT2D eigenvalue weighted by Crippen LogP contribution is 2.24. The van der Waals surface area contributed by atoms with Crippen LogP contribution in [-0.4, -0.2) is 35.7 Å². The average Bonchev–Trinajstić information content (AvgIpc) is 2.28. The van der Waals surface area contributed by atoms with Crippen molar-refractivity contribution in [1.29, 1.82) is 0 Å². The third-order valence-electron chi connectivity index (χ3n) is 3.46. The summed E-state index contributed by atoms with van der Waals surface area (Å²) in [6.07, 6.45) is 1.01. The van der Waals surface area contributed by atoms with E-state index in [4.69, 9.17) is 4.74 Å². The highest BCUT2D eigenvalue weighted by Gasteiger charge is 2.30. The van der Waals surface area contributed by atoms with Gasteiger partial charge in [0, 0.05) is 43.5 Å². The molecule has 1 aromatic heterocycles. The highest BCUT2D eigenvalue weighted by molar-refractivity contribution is 5.26. The number of rotatable bonds is 3. The molecule has 1 aromatic rings. The van der Waals surface area contributed by atoms with E-state index in [0.717, 1.165) is 31.8 Å². The molecule has 3 heteroatoms. The van der Waals surface area contributed by atoms with Gasteiger partial charge in [-0.05, 0) is 32.4 Å². The molecule has 0 bridgehead atoms. The molecule has 0 N–H and O–H groups in total. The van der Waals surface area contributed by atoms with Gasteiger partial charge in [0.05, 0.1) is 6.61 Å². The second kappa shape index (κ2) is 4.75. The predicted molar refractivity (Wildman–Crippen MR) is 68.8 cm³/mol. The smallest absolute Gasteiger partial charge is 0.0641 e. The Bertz CT molecular complexity index is 401. The molecule has 2 rings (SSSR count). The molecule has 93 valence electrons. The van der Waals surface area contributed by atoms with Crippen LogP contribution >= 0.6 is 0 Å². The first-order chi connectivity index (χ1) is 8.03. The van der Waals surface area contributed by atoms with Gasteiger partial charge in [-0.2, -0.15) is 0 Å². The zero-order valence-corrected chi connectivity index (χ0v) is 11.0. The zero-order valence-electron chi connectivity index (χ0n) is 11.0. The van der Waals surface area contributed by atoms with Crippen molar-refractivity contribution in [3.05, 3.63) is 36.0 Å². The Morgan fingerprint density at radius 3 is 2.94 bits per heavy atom. The summed E-state index contributed by atoms with van der Waals surface area (Å²) in [5.74, 6) is 0. The van der Waals surface area contributed by atoms with Crippen molar-refractivity contribution in [2.24, 2.45) is 0 Å². The van der Waals surface area contributed by atoms with Crippen LogP contribution in [-0.2, 0) is 17.7 Å². The van der Waals surface area contributed by atoms with Crippen molar-refractivity contribution >= 4 is 0 Å². The Hall–Kier alpha value is -0.930. The van der Waals surface area contributed by atoms with E-state index >= 15 is 0 Å². The van der Waals surface area contributed by atoms with Crippen LogP contribution in [0.2, 0.25) is 0 Å². The van der Waals surface area contributed by atoms with Gasteiger partial charge in [0.2, 0.25) is 0 Å². The van der Waals surface area contributed by atoms with E-state index in [1.807, 2.05) is 6.07 Å². The molecule has 0 aliphatic carbocycles. The standard InChI is InChI=1S/C14H21N2O/c1-11-5-6-12-9-16(8-7-13(12)15-11)14(2,3)10-17-4/h5-6H,1,7-10H2,2-4H3. The van der Waals surface area contributed by atoms with Gasteiger partial charge in [0.25, 0.3) is 0 Å². The van der Waals surface area contributed by atoms with E-state index < -0.39 is 0 Å². The summed E-state index contributed by atoms with van der Waals surface area (Å²) in [6.45, 7) is 11.1. The molecule has 0 saturated heterocycles. The second-order valence-corrected chi connectivity index (χ2v) is 5.33. The highest BCUT2D eigenvalue weighted by atomic mass is 16.5. The van der Waals surface area contributed by atoms with E-state index in [9.17, 15) is 0 Å². The van der Waals surface area contributed by atoms with Gasteiger partial charge >= 0.3 is 0 Å². The minimum absolute atomic E-state index is 0.0789. The molecular formula is C14H21N2O. The molecule has 1 radical (unpaired) electrons. The van der Waals surface area contributed by atoms with Crippen LogP contribution in [0.1, 0.15) is 30.8 Å². The van der Waals surface area contributed by atoms with Gasteiger partial charge in [-0.25, -0.2) is 0 Å². The average molecular weight is 233 g/mol. The first-order valence-electron chi connectivity index (χ1n) is 6.08. The summed E-state index contributed by atoms with van der Waals surface area (Å²) in [4.78, 5) is 6.97. The maximum Gasteiger partial charge on any atom is 0.0641 e. The molecule has 0 spiro atoms. The van der Waals surface area contributed by atoms with Crippen molar-refractivity contribution < 1.29 is 4.74 Å². The maximum absolute atomic E-state index is 5.30. The third-order valence-corrected chi connectivity index (χ3v) is 3.46. The van der Waals surface area contributed by atoms with Crippen molar-refractivity contribution in [3.63, 3.8) is 0 Å². The molecule has 3 nitrogen and oxygen atoms in total. The minimum Gasteiger partial charge on any atom is -0.383 e. The third kappa shape index (κ3) is 2.67. The SMILES string of the molecule is [CH2]c1ccc2c(n1)CCN(C(C)(C)COC)C2. The Morgan fingerprint density at radius 2 is 2.24 bits per heavy atom. The van der Waals surface area contributed by atoms with Gasteiger partial charge in [0.15, 0.2) is 0 Å². The number of aromatic nitrogens is 1. The number of pyridine rings is 1. The summed E-state index contributed by atoms with van der Waals surface area (Å²) in [7, 11) is 1.76. The van der Waals surface area contributed by atoms with Crippen LogP contribution in [0.3, 0.4) is 0 Å². The van der Waals surface area contributed by atoms with Crippen LogP contribution in [0.4, 0.5) is 0 Å². The van der Waals surface area contributed by atoms with Gasteiger partial charge in [-0.1, -0.05) is 6.07 Å². The molecular weight excluding hydrogens is 212 g/mol. The van der Waals surface area contributed by atoms with Crippen molar-refractivity contribution in [1.82, 2.24) is 9.88 Å². The van der Waals surface area contributed by atoms with Gasteiger partial charge in [0.1, 0.15) is 0 Å². The van der Waals surface area contributed by atoms with Crippen molar-refractivity contribution in [3.8, 4) is 0 Å². The van der Waals surface area contributed by atoms with E-state index in [2.05, 4.69) is 36.7 Å². The number of hydrogen-bond donors (Lipinski definition) is 0. The lowest BCUT2D eigenvalue weighted by atomic mass is 9.97. The number of hydrogen-bond acceptors (Lipinski definition) is 3. The van der Waals surface area contributed by atoms with Crippen LogP contribution in [0.15, 0.2) is 12.1 Å². The molecule has 0 unspecified atom stereocenters. The number of nitrogens with zero attached hydrogens (tertiary/aromatic N) is 2. The first-order valence-corrected chi connectivity index (χ1v) is 6.08. The van der Waals surface area contributed by atoms with Crippen molar-refractivity contribution in [2.75, 3.05) is 20.3 Å². The maximum atomic E-state index is 5.30. The molecule has 1 aliphatic rings. The van der Waals surface area contributed by atoms with E-state index in [1.165, 1.54) is 11.3 Å². The Labute approximate surface area is 104 Å². The molecule has 0 amide bonds. The van der Waals surface area contributed by atoms with E-state index in [0.29, 0.717) is 0 Å². The number of fused-ring (bicyclic) bond motifs is 1. The van der Waals surface area contributed by atoms with Crippen molar-refractivity contribution in [2.45, 2.75) is 32.4 Å².